The summed E-state index contributed by atoms with van der Waals surface area (Å²) in [6, 6.07) is 8.25. The largest absolute Gasteiger partial charge is 0.256 e. The highest BCUT2D eigenvalue weighted by molar-refractivity contribution is 5.88. The molecule has 0 aliphatic rings. The highest BCUT2D eigenvalue weighted by atomic mass is 14.6. The van der Waals surface area contributed by atoms with Crippen LogP contribution in [0.1, 0.15) is 11.1 Å². The first-order valence-corrected chi connectivity index (χ1v) is 4.96. The van der Waals surface area contributed by atoms with E-state index >= 15 is 0 Å². The van der Waals surface area contributed by atoms with E-state index in [1.54, 1.807) is 6.08 Å². The average molecular weight is 195 g/mol. The Morgan fingerprint density at radius 1 is 1.27 bits per heavy atom. The lowest BCUT2D eigenvalue weighted by molar-refractivity contribution is 1.37. The van der Waals surface area contributed by atoms with Gasteiger partial charge in [0.25, 0.3) is 0 Å². The summed E-state index contributed by atoms with van der Waals surface area (Å²) in [6.45, 7) is 5.77. The minimum absolute atomic E-state index is 1.05. The lowest BCUT2D eigenvalue weighted by Gasteiger charge is -2.04. The molecular formula is C14H13N. The van der Waals surface area contributed by atoms with Gasteiger partial charge in [0.05, 0.1) is 5.52 Å². The molecule has 1 aromatic carbocycles. The summed E-state index contributed by atoms with van der Waals surface area (Å²) in [7, 11) is 0. The van der Waals surface area contributed by atoms with Crippen molar-refractivity contribution in [2.24, 2.45) is 0 Å². The van der Waals surface area contributed by atoms with E-state index in [0.29, 0.717) is 0 Å². The lowest BCUT2D eigenvalue weighted by Crippen LogP contribution is -1.86. The number of rotatable bonds is 2. The molecule has 0 unspecified atom stereocenters. The third-order valence-corrected chi connectivity index (χ3v) is 2.43. The summed E-state index contributed by atoms with van der Waals surface area (Å²) in [6.07, 6.45) is 7.60. The van der Waals surface area contributed by atoms with Crippen LogP contribution in [0.3, 0.4) is 0 Å². The molecule has 15 heavy (non-hydrogen) atoms. The number of hydrogen-bond donors (Lipinski definition) is 0. The zero-order valence-corrected chi connectivity index (χ0v) is 8.77. The first kappa shape index (κ1) is 9.66. The van der Waals surface area contributed by atoms with Crippen molar-refractivity contribution in [3.05, 3.63) is 60.3 Å². The fourth-order valence-electron chi connectivity index (χ4n) is 1.64. The minimum Gasteiger partial charge on any atom is -0.256 e. The van der Waals surface area contributed by atoms with Gasteiger partial charge in [-0.2, -0.15) is 0 Å². The summed E-state index contributed by atoms with van der Waals surface area (Å²) in [5.74, 6) is 0. The number of allylic oxidation sites excluding steroid dienone is 2. The predicted molar refractivity (Wildman–Crippen MR) is 65.7 cm³/mol. The van der Waals surface area contributed by atoms with E-state index in [9.17, 15) is 0 Å². The van der Waals surface area contributed by atoms with Crippen LogP contribution in [-0.2, 0) is 0 Å². The molecule has 2 aromatic rings. The van der Waals surface area contributed by atoms with E-state index in [2.05, 4.69) is 42.8 Å². The van der Waals surface area contributed by atoms with Crippen molar-refractivity contribution < 1.29 is 0 Å². The predicted octanol–water partition coefficient (Wildman–Crippen LogP) is 3.74. The van der Waals surface area contributed by atoms with Gasteiger partial charge in [0, 0.05) is 17.1 Å². The number of nitrogens with zero attached hydrogens (tertiary/aromatic N) is 1. The third-order valence-electron chi connectivity index (χ3n) is 2.43. The van der Waals surface area contributed by atoms with E-state index in [1.807, 2.05) is 18.3 Å². The van der Waals surface area contributed by atoms with Gasteiger partial charge in [-0.25, -0.2) is 0 Å². The first-order chi connectivity index (χ1) is 7.33. The maximum atomic E-state index is 4.41. The molecule has 0 aliphatic heterocycles. The topological polar surface area (TPSA) is 12.9 Å². The fraction of sp³-hybridized carbons (Fsp3) is 0.0714. The third kappa shape index (κ3) is 1.82. The van der Waals surface area contributed by atoms with Crippen LogP contribution in [0.5, 0.6) is 0 Å². The van der Waals surface area contributed by atoms with Crippen LogP contribution in [0.15, 0.2) is 49.2 Å². The van der Waals surface area contributed by atoms with Gasteiger partial charge in [0.15, 0.2) is 0 Å². The van der Waals surface area contributed by atoms with Crippen molar-refractivity contribution in [3.63, 3.8) is 0 Å². The highest BCUT2D eigenvalue weighted by Crippen LogP contribution is 2.21. The van der Waals surface area contributed by atoms with Gasteiger partial charge in [-0.15, -0.1) is 0 Å². The average Bonchev–Trinajstić information content (AvgIpc) is 2.28. The molecule has 1 aromatic heterocycles. The lowest BCUT2D eigenvalue weighted by atomic mass is 10.0. The molecule has 0 N–H and O–H groups in total. The van der Waals surface area contributed by atoms with Gasteiger partial charge in [-0.3, -0.25) is 4.98 Å². The van der Waals surface area contributed by atoms with Crippen LogP contribution < -0.4 is 0 Å². The fourth-order valence-corrected chi connectivity index (χ4v) is 1.64. The Morgan fingerprint density at radius 2 is 2.13 bits per heavy atom. The summed E-state index contributed by atoms with van der Waals surface area (Å²) in [5, 5.41) is 1.17. The number of aromatic nitrogens is 1. The van der Waals surface area contributed by atoms with Gasteiger partial charge >= 0.3 is 0 Å². The van der Waals surface area contributed by atoms with E-state index < -0.39 is 0 Å². The second kappa shape index (κ2) is 4.09. The Labute approximate surface area is 89.8 Å². The first-order valence-electron chi connectivity index (χ1n) is 4.96. The van der Waals surface area contributed by atoms with Gasteiger partial charge in [-0.1, -0.05) is 43.0 Å². The molecule has 2 rings (SSSR count). The van der Waals surface area contributed by atoms with E-state index in [0.717, 1.165) is 5.52 Å². The highest BCUT2D eigenvalue weighted by Gasteiger charge is 2.01. The van der Waals surface area contributed by atoms with Crippen LogP contribution in [-0.4, -0.2) is 4.98 Å². The van der Waals surface area contributed by atoms with Crippen LogP contribution >= 0.6 is 0 Å². The van der Waals surface area contributed by atoms with Gasteiger partial charge in [-0.05, 0) is 18.6 Å². The molecule has 0 spiro atoms. The Morgan fingerprint density at radius 3 is 2.93 bits per heavy atom. The number of aryl methyl sites for hydroxylation is 1. The van der Waals surface area contributed by atoms with E-state index in [4.69, 9.17) is 0 Å². The molecule has 0 bridgehead atoms. The van der Waals surface area contributed by atoms with Crippen LogP contribution in [0, 0.1) is 6.92 Å². The van der Waals surface area contributed by atoms with Crippen molar-refractivity contribution >= 4 is 17.0 Å². The molecule has 0 amide bonds. The van der Waals surface area contributed by atoms with Gasteiger partial charge < -0.3 is 0 Å². The summed E-state index contributed by atoms with van der Waals surface area (Å²) in [4.78, 5) is 4.41. The van der Waals surface area contributed by atoms with E-state index in [-0.39, 0.29) is 0 Å². The molecule has 1 heteroatoms. The number of hydrogen-bond acceptors (Lipinski definition) is 1. The number of pyridine rings is 1. The molecular weight excluding hydrogens is 182 g/mol. The summed E-state index contributed by atoms with van der Waals surface area (Å²) < 4.78 is 0. The maximum absolute atomic E-state index is 4.41. The van der Waals surface area contributed by atoms with Crippen LogP contribution in [0.25, 0.3) is 17.0 Å². The van der Waals surface area contributed by atoms with Gasteiger partial charge in [0.2, 0.25) is 0 Å². The smallest absolute Gasteiger partial charge is 0.0776 e. The molecule has 0 atom stereocenters. The van der Waals surface area contributed by atoms with E-state index in [1.165, 1.54) is 16.5 Å². The summed E-state index contributed by atoms with van der Waals surface area (Å²) >= 11 is 0. The molecule has 1 nitrogen and oxygen atoms in total. The molecule has 0 saturated carbocycles. The normalized spacial score (nSPS) is 11.0. The van der Waals surface area contributed by atoms with Crippen molar-refractivity contribution in [2.75, 3.05) is 0 Å². The Bertz CT molecular complexity index is 524. The number of benzene rings is 1. The van der Waals surface area contributed by atoms with Crippen molar-refractivity contribution in [2.45, 2.75) is 6.92 Å². The molecule has 0 radical (unpaired) electrons. The standard InChI is InChI=1S/C14H13N/c1-3-4-7-13-11(2)8-9-12-6-5-10-15-14(12)13/h3-10H,1H2,2H3/b7-4-. The zero-order valence-electron chi connectivity index (χ0n) is 8.77. The molecule has 1 heterocycles. The zero-order chi connectivity index (χ0) is 10.7. The molecule has 74 valence electrons. The molecule has 0 aliphatic carbocycles. The second-order valence-corrected chi connectivity index (χ2v) is 3.47. The Hall–Kier alpha value is -1.89. The van der Waals surface area contributed by atoms with Crippen LogP contribution in [0.4, 0.5) is 0 Å². The molecule has 0 saturated heterocycles. The quantitative estimate of drug-likeness (QED) is 0.665. The molecule has 0 fully saturated rings. The summed E-state index contributed by atoms with van der Waals surface area (Å²) in [5.41, 5.74) is 3.46. The SMILES string of the molecule is C=C/C=C\c1c(C)ccc2cccnc12. The van der Waals surface area contributed by atoms with Crippen molar-refractivity contribution in [3.8, 4) is 0 Å². The number of fused-ring (bicyclic) bond motifs is 1. The van der Waals surface area contributed by atoms with Crippen LogP contribution in [0.2, 0.25) is 0 Å². The Kier molecular flexibility index (Phi) is 2.64. The van der Waals surface area contributed by atoms with Crippen molar-refractivity contribution in [1.82, 2.24) is 4.98 Å². The maximum Gasteiger partial charge on any atom is 0.0776 e. The van der Waals surface area contributed by atoms with Crippen molar-refractivity contribution in [1.29, 1.82) is 0 Å². The Balaban J connectivity index is 2.73. The minimum atomic E-state index is 1.05. The van der Waals surface area contributed by atoms with Gasteiger partial charge in [0.1, 0.15) is 0 Å². The monoisotopic (exact) mass is 195 g/mol. The second-order valence-electron chi connectivity index (χ2n) is 3.47.